The number of nitrogens with one attached hydrogen (secondary N) is 1. The van der Waals surface area contributed by atoms with Gasteiger partial charge in [-0.2, -0.15) is 0 Å². The quantitative estimate of drug-likeness (QED) is 0.566. The summed E-state index contributed by atoms with van der Waals surface area (Å²) < 4.78 is 17.1. The summed E-state index contributed by atoms with van der Waals surface area (Å²) in [6.07, 6.45) is 2.31. The molecule has 3 rings (SSSR count). The fraction of sp³-hybridized carbons (Fsp3) is 0.375. The Labute approximate surface area is 141 Å². The molecule has 24 heavy (non-hydrogen) atoms. The van der Waals surface area contributed by atoms with Gasteiger partial charge in [0.05, 0.1) is 17.2 Å². The van der Waals surface area contributed by atoms with E-state index < -0.39 is 28.9 Å². The van der Waals surface area contributed by atoms with Gasteiger partial charge < -0.3 is 20.1 Å². The molecule has 1 saturated heterocycles. The molecule has 0 aliphatic carbocycles. The fourth-order valence-corrected chi connectivity index (χ4v) is 4.42. The van der Waals surface area contributed by atoms with Crippen LogP contribution < -0.4 is 5.32 Å². The van der Waals surface area contributed by atoms with Gasteiger partial charge in [-0.15, -0.1) is 0 Å². The molecule has 0 spiro atoms. The molecule has 128 valence electrons. The molecule has 1 amide bonds. The van der Waals surface area contributed by atoms with Crippen LogP contribution in [-0.2, 0) is 31.5 Å². The number of carbonyl (C=O) groups is 2. The maximum atomic E-state index is 12.5. The number of amides is 1. The Balaban J connectivity index is 1.72. The number of aliphatic hydroxyl groups is 1. The first-order valence-corrected chi connectivity index (χ1v) is 8.87. The van der Waals surface area contributed by atoms with Crippen molar-refractivity contribution < 1.29 is 23.6 Å². The van der Waals surface area contributed by atoms with Crippen LogP contribution in [0.5, 0.6) is 0 Å². The van der Waals surface area contributed by atoms with Crippen LogP contribution in [-0.4, -0.2) is 50.2 Å². The number of ether oxygens (including phenoxy) is 1. The maximum absolute atomic E-state index is 12.5. The van der Waals surface area contributed by atoms with E-state index in [2.05, 4.69) is 10.1 Å². The van der Waals surface area contributed by atoms with Gasteiger partial charge in [0.15, 0.2) is 6.79 Å². The zero-order valence-corrected chi connectivity index (χ0v) is 13.7. The standard InChI is InChI=1S/C16H18N2O5S/c19-10-23-16(21)12-9-14(24(22)15-6-7-18(12)15)17-13(20)8-11-4-2-1-3-5-11/h1-5,9,14-15,19H,6-8,10H2,(H,17,20). The first-order valence-electron chi connectivity index (χ1n) is 7.59. The molecule has 3 unspecified atom stereocenters. The predicted molar refractivity (Wildman–Crippen MR) is 86.6 cm³/mol. The normalized spacial score (nSPS) is 25.1. The molecule has 2 N–H and O–H groups in total. The highest BCUT2D eigenvalue weighted by molar-refractivity contribution is 7.86. The average molecular weight is 350 g/mol. The van der Waals surface area contributed by atoms with E-state index in [1.807, 2.05) is 30.3 Å². The van der Waals surface area contributed by atoms with Crippen LogP contribution in [0.1, 0.15) is 12.0 Å². The Hall–Kier alpha value is -2.19. The Morgan fingerprint density at radius 3 is 2.71 bits per heavy atom. The zero-order chi connectivity index (χ0) is 17.1. The molecule has 2 heterocycles. The molecule has 8 heteroatoms. The molecule has 2 aliphatic rings. The highest BCUT2D eigenvalue weighted by atomic mass is 32.2. The van der Waals surface area contributed by atoms with Gasteiger partial charge in [-0.05, 0) is 18.1 Å². The Bertz CT molecular complexity index is 691. The van der Waals surface area contributed by atoms with Crippen molar-refractivity contribution in [2.45, 2.75) is 23.6 Å². The van der Waals surface area contributed by atoms with E-state index in [-0.39, 0.29) is 23.4 Å². The molecule has 0 aromatic heterocycles. The smallest absolute Gasteiger partial charge is 0.356 e. The summed E-state index contributed by atoms with van der Waals surface area (Å²) in [5.41, 5.74) is 1.09. The number of esters is 1. The van der Waals surface area contributed by atoms with Crippen molar-refractivity contribution in [2.24, 2.45) is 0 Å². The van der Waals surface area contributed by atoms with E-state index in [4.69, 9.17) is 5.11 Å². The third-order valence-electron chi connectivity index (χ3n) is 4.02. The molecular formula is C16H18N2O5S. The lowest BCUT2D eigenvalue weighted by Crippen LogP contribution is -2.58. The number of hydrogen-bond acceptors (Lipinski definition) is 6. The van der Waals surface area contributed by atoms with Crippen molar-refractivity contribution in [2.75, 3.05) is 13.3 Å². The van der Waals surface area contributed by atoms with Gasteiger partial charge >= 0.3 is 5.97 Å². The number of rotatable bonds is 5. The summed E-state index contributed by atoms with van der Waals surface area (Å²) >= 11 is 0. The molecule has 1 aromatic rings. The van der Waals surface area contributed by atoms with Crippen molar-refractivity contribution in [1.29, 1.82) is 0 Å². The van der Waals surface area contributed by atoms with Crippen LogP contribution in [0.3, 0.4) is 0 Å². The molecule has 7 nitrogen and oxygen atoms in total. The Morgan fingerprint density at radius 2 is 2.08 bits per heavy atom. The monoisotopic (exact) mass is 350 g/mol. The van der Waals surface area contributed by atoms with Crippen LogP contribution >= 0.6 is 0 Å². The van der Waals surface area contributed by atoms with Crippen LogP contribution in [0.2, 0.25) is 0 Å². The van der Waals surface area contributed by atoms with Crippen molar-refractivity contribution in [1.82, 2.24) is 10.2 Å². The summed E-state index contributed by atoms with van der Waals surface area (Å²) in [5.74, 6) is -0.945. The highest BCUT2D eigenvalue weighted by Gasteiger charge is 2.44. The molecule has 0 saturated carbocycles. The molecule has 0 radical (unpaired) electrons. The van der Waals surface area contributed by atoms with Crippen molar-refractivity contribution >= 4 is 22.7 Å². The van der Waals surface area contributed by atoms with Crippen molar-refractivity contribution in [3.63, 3.8) is 0 Å². The summed E-state index contributed by atoms with van der Waals surface area (Å²) in [5, 5.41) is 10.4. The number of hydrogen-bond donors (Lipinski definition) is 2. The van der Waals surface area contributed by atoms with E-state index in [0.29, 0.717) is 13.0 Å². The van der Waals surface area contributed by atoms with Crippen LogP contribution in [0.15, 0.2) is 42.1 Å². The van der Waals surface area contributed by atoms with Crippen LogP contribution in [0, 0.1) is 0 Å². The number of benzene rings is 1. The zero-order valence-electron chi connectivity index (χ0n) is 12.9. The third kappa shape index (κ3) is 3.34. The minimum Gasteiger partial charge on any atom is -0.434 e. The number of nitrogens with zero attached hydrogens (tertiary/aromatic N) is 1. The molecule has 2 aliphatic heterocycles. The number of fused-ring (bicyclic) bond motifs is 1. The maximum Gasteiger partial charge on any atom is 0.356 e. The highest BCUT2D eigenvalue weighted by Crippen LogP contribution is 2.32. The van der Waals surface area contributed by atoms with E-state index in [1.54, 1.807) is 4.90 Å². The van der Waals surface area contributed by atoms with Crippen molar-refractivity contribution in [3.8, 4) is 0 Å². The minimum atomic E-state index is -1.34. The van der Waals surface area contributed by atoms with Crippen LogP contribution in [0.25, 0.3) is 0 Å². The lowest BCUT2D eigenvalue weighted by Gasteiger charge is -2.46. The molecular weight excluding hydrogens is 332 g/mol. The second kappa shape index (κ2) is 7.14. The van der Waals surface area contributed by atoms with Crippen LogP contribution in [0.4, 0.5) is 0 Å². The van der Waals surface area contributed by atoms with E-state index >= 15 is 0 Å². The second-order valence-electron chi connectivity index (χ2n) is 5.53. The fourth-order valence-electron chi connectivity index (χ4n) is 2.76. The summed E-state index contributed by atoms with van der Waals surface area (Å²) in [6.45, 7) is -0.115. The first-order chi connectivity index (χ1) is 11.6. The molecule has 1 fully saturated rings. The Morgan fingerprint density at radius 1 is 1.33 bits per heavy atom. The largest absolute Gasteiger partial charge is 0.434 e. The lowest BCUT2D eigenvalue weighted by atomic mass is 10.1. The van der Waals surface area contributed by atoms with Gasteiger partial charge in [0, 0.05) is 6.54 Å². The SMILES string of the molecule is O=C(Cc1ccccc1)NC1C=C(C(=O)OCO)N2CCC2S1=O. The topological polar surface area (TPSA) is 95.9 Å². The van der Waals surface area contributed by atoms with Gasteiger partial charge in [-0.25, -0.2) is 4.79 Å². The van der Waals surface area contributed by atoms with Gasteiger partial charge in [0.25, 0.3) is 0 Å². The summed E-state index contributed by atoms with van der Waals surface area (Å²) in [6, 6.07) is 9.23. The number of aliphatic hydroxyl groups excluding tert-OH is 1. The van der Waals surface area contributed by atoms with Gasteiger partial charge in [-0.1, -0.05) is 30.3 Å². The second-order valence-corrected chi connectivity index (χ2v) is 7.24. The van der Waals surface area contributed by atoms with Crippen molar-refractivity contribution in [3.05, 3.63) is 47.7 Å². The number of carbonyl (C=O) groups excluding carboxylic acids is 2. The van der Waals surface area contributed by atoms with E-state index in [0.717, 1.165) is 5.56 Å². The lowest BCUT2D eigenvalue weighted by molar-refractivity contribution is -0.149. The van der Waals surface area contributed by atoms with E-state index in [9.17, 15) is 13.8 Å². The average Bonchev–Trinajstić information content (AvgIpc) is 2.52. The van der Waals surface area contributed by atoms with Gasteiger partial charge in [0.1, 0.15) is 16.4 Å². The predicted octanol–water partition coefficient (Wildman–Crippen LogP) is -0.158. The van der Waals surface area contributed by atoms with Gasteiger partial charge in [0.2, 0.25) is 5.91 Å². The molecule has 1 aromatic carbocycles. The third-order valence-corrected chi connectivity index (χ3v) is 5.80. The first kappa shape index (κ1) is 16.7. The summed E-state index contributed by atoms with van der Waals surface area (Å²) in [7, 11) is -1.34. The molecule has 3 atom stereocenters. The van der Waals surface area contributed by atoms with E-state index in [1.165, 1.54) is 6.08 Å². The minimum absolute atomic E-state index is 0.174. The Kier molecular flexibility index (Phi) is 4.96. The van der Waals surface area contributed by atoms with Gasteiger partial charge in [-0.3, -0.25) is 9.00 Å². The molecule has 0 bridgehead atoms. The summed E-state index contributed by atoms with van der Waals surface area (Å²) in [4.78, 5) is 25.8.